The maximum absolute atomic E-state index is 11.9. The fourth-order valence-electron chi connectivity index (χ4n) is 2.62. The molecule has 0 saturated heterocycles. The number of amides is 1. The molecule has 1 amide bonds. The molecule has 0 radical (unpaired) electrons. The summed E-state index contributed by atoms with van der Waals surface area (Å²) in [7, 11) is 0. The molecule has 1 aliphatic carbocycles. The van der Waals surface area contributed by atoms with Gasteiger partial charge in [0, 0.05) is 15.7 Å². The van der Waals surface area contributed by atoms with E-state index in [2.05, 4.69) is 32.5 Å². The number of aryl methyl sites for hydroxylation is 2. The average molecular weight is 373 g/mol. The Balaban J connectivity index is 1.49. The molecule has 4 nitrogen and oxygen atoms in total. The number of anilines is 1. The van der Waals surface area contributed by atoms with Crippen molar-refractivity contribution in [2.24, 2.45) is 5.16 Å². The van der Waals surface area contributed by atoms with Crippen LogP contribution in [0.3, 0.4) is 0 Å². The maximum Gasteiger partial charge on any atom is 0.265 e. The number of hydrogen-bond acceptors (Lipinski definition) is 3. The van der Waals surface area contributed by atoms with Gasteiger partial charge in [-0.2, -0.15) is 0 Å². The van der Waals surface area contributed by atoms with E-state index in [-0.39, 0.29) is 12.5 Å². The molecule has 0 aromatic heterocycles. The van der Waals surface area contributed by atoms with Gasteiger partial charge >= 0.3 is 0 Å². The van der Waals surface area contributed by atoms with E-state index in [0.717, 1.165) is 28.6 Å². The van der Waals surface area contributed by atoms with Crippen molar-refractivity contribution >= 4 is 33.7 Å². The molecule has 1 aliphatic rings. The molecule has 0 bridgehead atoms. The Kier molecular flexibility index (Phi) is 5.08. The third kappa shape index (κ3) is 4.20. The first-order valence-electron chi connectivity index (χ1n) is 7.54. The zero-order valence-corrected chi connectivity index (χ0v) is 14.2. The summed E-state index contributed by atoms with van der Waals surface area (Å²) < 4.78 is 0.926. The van der Waals surface area contributed by atoms with Crippen molar-refractivity contribution < 1.29 is 9.63 Å². The lowest BCUT2D eigenvalue weighted by Gasteiger charge is -2.06. The minimum atomic E-state index is -0.216. The predicted molar refractivity (Wildman–Crippen MR) is 94.8 cm³/mol. The summed E-state index contributed by atoms with van der Waals surface area (Å²) in [5.74, 6) is -0.216. The minimum Gasteiger partial charge on any atom is -0.386 e. The second-order valence-corrected chi connectivity index (χ2v) is 6.27. The number of fused-ring (bicyclic) bond motifs is 1. The normalized spacial score (nSPS) is 13.1. The summed E-state index contributed by atoms with van der Waals surface area (Å²) >= 11 is 3.42. The lowest BCUT2D eigenvalue weighted by Crippen LogP contribution is -2.17. The Hall–Kier alpha value is -2.14. The molecule has 0 heterocycles. The first-order valence-corrected chi connectivity index (χ1v) is 8.33. The molecule has 2 aromatic rings. The highest BCUT2D eigenvalue weighted by Gasteiger charge is 2.11. The Morgan fingerprint density at radius 3 is 2.91 bits per heavy atom. The highest BCUT2D eigenvalue weighted by molar-refractivity contribution is 9.10. The van der Waals surface area contributed by atoms with E-state index in [1.54, 1.807) is 6.21 Å². The van der Waals surface area contributed by atoms with Crippen molar-refractivity contribution in [2.45, 2.75) is 19.3 Å². The Morgan fingerprint density at radius 1 is 1.22 bits per heavy atom. The van der Waals surface area contributed by atoms with Gasteiger partial charge in [0.15, 0.2) is 6.61 Å². The number of nitrogens with zero attached hydrogens (tertiary/aromatic N) is 1. The second-order valence-electron chi connectivity index (χ2n) is 5.41. The molecule has 118 valence electrons. The summed E-state index contributed by atoms with van der Waals surface area (Å²) in [5, 5.41) is 6.66. The monoisotopic (exact) mass is 372 g/mol. The van der Waals surface area contributed by atoms with Crippen LogP contribution in [0.2, 0.25) is 0 Å². The van der Waals surface area contributed by atoms with Crippen LogP contribution in [-0.2, 0) is 22.5 Å². The molecule has 5 heteroatoms. The molecular weight excluding hydrogens is 356 g/mol. The van der Waals surface area contributed by atoms with E-state index in [4.69, 9.17) is 4.84 Å². The number of benzene rings is 2. The number of nitrogens with one attached hydrogen (secondary N) is 1. The highest BCUT2D eigenvalue weighted by atomic mass is 79.9. The van der Waals surface area contributed by atoms with E-state index in [9.17, 15) is 4.79 Å². The first kappa shape index (κ1) is 15.7. The van der Waals surface area contributed by atoms with Crippen LogP contribution in [0.25, 0.3) is 0 Å². The SMILES string of the molecule is O=C(CO/N=C\c1ccccc1Br)Nc1ccc2c(c1)CCC2. The molecule has 0 aliphatic heterocycles. The minimum absolute atomic E-state index is 0.113. The average Bonchev–Trinajstić information content (AvgIpc) is 3.01. The van der Waals surface area contributed by atoms with Gasteiger partial charge in [-0.05, 0) is 48.6 Å². The lowest BCUT2D eigenvalue weighted by atomic mass is 10.1. The van der Waals surface area contributed by atoms with Crippen molar-refractivity contribution in [3.05, 3.63) is 63.6 Å². The number of carbonyl (C=O) groups excluding carboxylic acids is 1. The Bertz CT molecular complexity index is 744. The second kappa shape index (κ2) is 7.42. The number of carbonyl (C=O) groups is 1. The van der Waals surface area contributed by atoms with Crippen LogP contribution in [0.15, 0.2) is 52.1 Å². The fraction of sp³-hybridized carbons (Fsp3) is 0.222. The third-order valence-corrected chi connectivity index (χ3v) is 4.47. The third-order valence-electron chi connectivity index (χ3n) is 3.75. The largest absolute Gasteiger partial charge is 0.386 e. The van der Waals surface area contributed by atoms with E-state index in [1.165, 1.54) is 17.5 Å². The number of halogens is 1. The smallest absolute Gasteiger partial charge is 0.265 e. The molecular formula is C18H17BrN2O2. The van der Waals surface area contributed by atoms with Gasteiger partial charge in [0.2, 0.25) is 0 Å². The van der Waals surface area contributed by atoms with Gasteiger partial charge in [-0.25, -0.2) is 0 Å². The standard InChI is InChI=1S/C18H17BrN2O2/c19-17-7-2-1-4-15(17)11-20-23-12-18(22)21-16-9-8-13-5-3-6-14(13)10-16/h1-2,4,7-11H,3,5-6,12H2,(H,21,22)/b20-11-. The lowest BCUT2D eigenvalue weighted by molar-refractivity contribution is -0.120. The molecule has 0 fully saturated rings. The quantitative estimate of drug-likeness (QED) is 0.638. The summed E-state index contributed by atoms with van der Waals surface area (Å²) in [6, 6.07) is 13.7. The van der Waals surface area contributed by atoms with Crippen molar-refractivity contribution in [2.75, 3.05) is 11.9 Å². The molecule has 1 N–H and O–H groups in total. The zero-order valence-electron chi connectivity index (χ0n) is 12.6. The van der Waals surface area contributed by atoms with Crippen molar-refractivity contribution in [3.63, 3.8) is 0 Å². The predicted octanol–water partition coefficient (Wildman–Crippen LogP) is 3.93. The summed E-state index contributed by atoms with van der Waals surface area (Å²) in [5.41, 5.74) is 4.42. The van der Waals surface area contributed by atoms with Crippen LogP contribution in [0.4, 0.5) is 5.69 Å². The van der Waals surface area contributed by atoms with Gasteiger partial charge < -0.3 is 10.2 Å². The van der Waals surface area contributed by atoms with Crippen LogP contribution < -0.4 is 5.32 Å². The number of oxime groups is 1. The Morgan fingerprint density at radius 2 is 2.04 bits per heavy atom. The molecule has 0 saturated carbocycles. The van der Waals surface area contributed by atoms with Crippen LogP contribution in [0, 0.1) is 0 Å². The summed E-state index contributed by atoms with van der Waals surface area (Å²) in [6.45, 7) is -0.113. The van der Waals surface area contributed by atoms with E-state index in [0.29, 0.717) is 0 Å². The highest BCUT2D eigenvalue weighted by Crippen LogP contribution is 2.24. The fourth-order valence-corrected chi connectivity index (χ4v) is 3.00. The van der Waals surface area contributed by atoms with Crippen molar-refractivity contribution in [1.82, 2.24) is 0 Å². The topological polar surface area (TPSA) is 50.7 Å². The Labute approximate surface area is 143 Å². The van der Waals surface area contributed by atoms with Crippen LogP contribution in [0.1, 0.15) is 23.1 Å². The van der Waals surface area contributed by atoms with Gasteiger partial charge in [0.05, 0.1) is 6.21 Å². The molecule has 3 rings (SSSR count). The van der Waals surface area contributed by atoms with Crippen molar-refractivity contribution in [1.29, 1.82) is 0 Å². The molecule has 0 spiro atoms. The van der Waals surface area contributed by atoms with Gasteiger partial charge in [0.1, 0.15) is 0 Å². The van der Waals surface area contributed by atoms with E-state index < -0.39 is 0 Å². The molecule has 23 heavy (non-hydrogen) atoms. The van der Waals surface area contributed by atoms with Crippen LogP contribution >= 0.6 is 15.9 Å². The summed E-state index contributed by atoms with van der Waals surface area (Å²) in [6.07, 6.45) is 4.99. The van der Waals surface area contributed by atoms with Gasteiger partial charge in [-0.15, -0.1) is 0 Å². The van der Waals surface area contributed by atoms with E-state index >= 15 is 0 Å². The van der Waals surface area contributed by atoms with Gasteiger partial charge in [0.25, 0.3) is 5.91 Å². The molecule has 0 atom stereocenters. The summed E-state index contributed by atoms with van der Waals surface area (Å²) in [4.78, 5) is 16.9. The van der Waals surface area contributed by atoms with Gasteiger partial charge in [-0.3, -0.25) is 4.79 Å². The number of rotatable bonds is 5. The maximum atomic E-state index is 11.9. The van der Waals surface area contributed by atoms with Crippen LogP contribution in [0.5, 0.6) is 0 Å². The van der Waals surface area contributed by atoms with E-state index in [1.807, 2.05) is 36.4 Å². The zero-order chi connectivity index (χ0) is 16.1. The van der Waals surface area contributed by atoms with Crippen molar-refractivity contribution in [3.8, 4) is 0 Å². The van der Waals surface area contributed by atoms with Crippen LogP contribution in [-0.4, -0.2) is 18.7 Å². The molecule has 2 aromatic carbocycles. The number of hydrogen-bond donors (Lipinski definition) is 1. The molecule has 0 unspecified atom stereocenters. The van der Waals surface area contributed by atoms with Gasteiger partial charge in [-0.1, -0.05) is 45.4 Å². The first-order chi connectivity index (χ1) is 11.2.